The van der Waals surface area contributed by atoms with Crippen LogP contribution >= 0.6 is 0 Å². The second-order valence-electron chi connectivity index (χ2n) is 6.27. The highest BCUT2D eigenvalue weighted by Gasteiger charge is 2.27. The average Bonchev–Trinajstić information content (AvgIpc) is 3.01. The smallest absolute Gasteiger partial charge is 0.307 e. The van der Waals surface area contributed by atoms with Gasteiger partial charge < -0.3 is 19.9 Å². The van der Waals surface area contributed by atoms with Gasteiger partial charge in [-0.3, -0.25) is 19.3 Å². The minimum Gasteiger partial charge on any atom is -0.481 e. The van der Waals surface area contributed by atoms with E-state index in [9.17, 15) is 14.4 Å². The van der Waals surface area contributed by atoms with Crippen LogP contribution < -0.4 is 14.8 Å². The van der Waals surface area contributed by atoms with Crippen LogP contribution in [0.4, 0.5) is 5.69 Å². The second kappa shape index (κ2) is 7.10. The molecule has 2 aliphatic rings. The maximum absolute atomic E-state index is 12.3. The number of rotatable bonds is 5. The third-order valence-corrected chi connectivity index (χ3v) is 4.39. The molecule has 1 amide bonds. The number of anilines is 1. The van der Waals surface area contributed by atoms with Crippen molar-refractivity contribution in [2.75, 3.05) is 31.7 Å². The summed E-state index contributed by atoms with van der Waals surface area (Å²) < 4.78 is 10.5. The minimum atomic E-state index is -0.834. The number of ketones is 1. The zero-order valence-electron chi connectivity index (χ0n) is 13.9. The summed E-state index contributed by atoms with van der Waals surface area (Å²) in [6.07, 6.45) is 1.37. The van der Waals surface area contributed by atoms with Crippen molar-refractivity contribution in [1.82, 2.24) is 4.90 Å². The number of likely N-dealkylation sites (tertiary alicyclic amines) is 1. The zero-order chi connectivity index (χ0) is 18.0. The number of carboxylic acids is 1. The number of ether oxygens (including phenoxy) is 2. The van der Waals surface area contributed by atoms with Crippen LogP contribution in [0.2, 0.25) is 0 Å². The van der Waals surface area contributed by atoms with Gasteiger partial charge in [-0.1, -0.05) is 0 Å². The van der Waals surface area contributed by atoms with Gasteiger partial charge in [-0.2, -0.15) is 0 Å². The van der Waals surface area contributed by atoms with Crippen LogP contribution in [0.1, 0.15) is 30.1 Å². The van der Waals surface area contributed by atoms with Gasteiger partial charge in [-0.05, 0) is 32.4 Å². The lowest BCUT2D eigenvalue weighted by Gasteiger charge is -2.30. The Morgan fingerprint density at radius 2 is 2.00 bits per heavy atom. The Morgan fingerprint density at radius 3 is 2.68 bits per heavy atom. The van der Waals surface area contributed by atoms with E-state index in [4.69, 9.17) is 14.6 Å². The average molecular weight is 348 g/mol. The van der Waals surface area contributed by atoms with E-state index < -0.39 is 11.9 Å². The molecule has 0 radical (unpaired) electrons. The van der Waals surface area contributed by atoms with Crippen molar-refractivity contribution in [3.8, 4) is 11.5 Å². The van der Waals surface area contributed by atoms with Crippen LogP contribution in [0.3, 0.4) is 0 Å². The second-order valence-corrected chi connectivity index (χ2v) is 6.27. The lowest BCUT2D eigenvalue weighted by molar-refractivity contribution is -0.144. The monoisotopic (exact) mass is 348 g/mol. The van der Waals surface area contributed by atoms with Gasteiger partial charge in [-0.15, -0.1) is 0 Å². The summed E-state index contributed by atoms with van der Waals surface area (Å²) in [5, 5.41) is 11.9. The molecule has 8 nitrogen and oxygen atoms in total. The summed E-state index contributed by atoms with van der Waals surface area (Å²) in [6.45, 7) is 2.60. The van der Waals surface area contributed by atoms with E-state index in [1.54, 1.807) is 12.1 Å². The van der Waals surface area contributed by atoms with Crippen molar-refractivity contribution in [2.45, 2.75) is 19.8 Å². The Labute approximate surface area is 144 Å². The van der Waals surface area contributed by atoms with Crippen LogP contribution in [-0.4, -0.2) is 54.1 Å². The number of nitrogens with one attached hydrogen (secondary N) is 1. The number of carbonyl (C=O) groups is 3. The van der Waals surface area contributed by atoms with E-state index in [-0.39, 0.29) is 25.0 Å². The number of hydrogen-bond donors (Lipinski definition) is 2. The molecule has 1 aromatic rings. The molecular formula is C17H20N2O6. The summed E-state index contributed by atoms with van der Waals surface area (Å²) in [4.78, 5) is 37.1. The molecule has 2 aliphatic heterocycles. The summed E-state index contributed by atoms with van der Waals surface area (Å²) in [6, 6.07) is 3.13. The summed E-state index contributed by atoms with van der Waals surface area (Å²) in [5.74, 6) is -0.822. The maximum atomic E-state index is 12.3. The highest BCUT2D eigenvalue weighted by molar-refractivity contribution is 6.05. The third kappa shape index (κ3) is 3.90. The van der Waals surface area contributed by atoms with Gasteiger partial charge in [0, 0.05) is 18.2 Å². The Morgan fingerprint density at radius 1 is 1.28 bits per heavy atom. The molecule has 2 N–H and O–H groups in total. The van der Waals surface area contributed by atoms with Crippen molar-refractivity contribution in [3.05, 3.63) is 17.7 Å². The first-order valence-corrected chi connectivity index (χ1v) is 8.13. The standard InChI is InChI=1S/C17H20N2O6/c1-10(20)12-5-14-15(25-9-24-14)6-13(12)18-16(21)8-19-4-2-3-11(7-19)17(22)23/h5-6,11H,2-4,7-9H2,1H3,(H,18,21)(H,22,23). The van der Waals surface area contributed by atoms with E-state index in [1.807, 2.05) is 4.90 Å². The SMILES string of the molecule is CC(=O)c1cc2c(cc1NC(=O)CN1CCCC(C(=O)O)C1)OCO2. The van der Waals surface area contributed by atoms with Crippen molar-refractivity contribution < 1.29 is 29.0 Å². The number of nitrogens with zero attached hydrogens (tertiary/aromatic N) is 1. The van der Waals surface area contributed by atoms with Gasteiger partial charge >= 0.3 is 5.97 Å². The van der Waals surface area contributed by atoms with Crippen LogP contribution in [0.25, 0.3) is 0 Å². The van der Waals surface area contributed by atoms with E-state index in [0.717, 1.165) is 6.42 Å². The Hall–Kier alpha value is -2.61. The Balaban J connectivity index is 1.68. The van der Waals surface area contributed by atoms with Crippen LogP contribution in [0.15, 0.2) is 12.1 Å². The third-order valence-electron chi connectivity index (χ3n) is 4.39. The molecule has 3 rings (SSSR count). The molecule has 0 bridgehead atoms. The zero-order valence-corrected chi connectivity index (χ0v) is 13.9. The topological polar surface area (TPSA) is 105 Å². The number of Topliss-reactive ketones (excluding diaryl/α,β-unsaturated/α-hetero) is 1. The van der Waals surface area contributed by atoms with Gasteiger partial charge in [0.25, 0.3) is 0 Å². The molecule has 0 aromatic heterocycles. The number of benzene rings is 1. The first-order valence-electron chi connectivity index (χ1n) is 8.13. The fourth-order valence-electron chi connectivity index (χ4n) is 3.13. The molecule has 134 valence electrons. The summed E-state index contributed by atoms with van der Waals surface area (Å²) in [5.41, 5.74) is 0.716. The number of carbonyl (C=O) groups excluding carboxylic acids is 2. The quantitative estimate of drug-likeness (QED) is 0.774. The van der Waals surface area contributed by atoms with Gasteiger partial charge in [-0.25, -0.2) is 0 Å². The lowest BCUT2D eigenvalue weighted by Crippen LogP contribution is -2.42. The van der Waals surface area contributed by atoms with Crippen molar-refractivity contribution >= 4 is 23.3 Å². The predicted octanol–water partition coefficient (Wildman–Crippen LogP) is 1.35. The first-order chi connectivity index (χ1) is 11.9. The fourth-order valence-corrected chi connectivity index (χ4v) is 3.13. The van der Waals surface area contributed by atoms with Crippen LogP contribution in [0.5, 0.6) is 11.5 Å². The molecule has 0 saturated carbocycles. The maximum Gasteiger partial charge on any atom is 0.307 e. The molecule has 1 aromatic carbocycles. The molecule has 1 unspecified atom stereocenters. The predicted molar refractivity (Wildman–Crippen MR) is 88.0 cm³/mol. The Kier molecular flexibility index (Phi) is 4.89. The van der Waals surface area contributed by atoms with Crippen molar-refractivity contribution in [2.24, 2.45) is 5.92 Å². The number of hydrogen-bond acceptors (Lipinski definition) is 6. The molecule has 1 atom stereocenters. The van der Waals surface area contributed by atoms with Gasteiger partial charge in [0.15, 0.2) is 17.3 Å². The number of carboxylic acid groups (broad SMARTS) is 1. The normalized spacial score (nSPS) is 19.5. The Bertz CT molecular complexity index is 717. The van der Waals surface area contributed by atoms with Gasteiger partial charge in [0.2, 0.25) is 12.7 Å². The number of fused-ring (bicyclic) bond motifs is 1. The molecule has 8 heteroatoms. The first kappa shape index (κ1) is 17.2. The van der Waals surface area contributed by atoms with Crippen molar-refractivity contribution in [1.29, 1.82) is 0 Å². The largest absolute Gasteiger partial charge is 0.481 e. The molecule has 1 fully saturated rings. The fraction of sp³-hybridized carbons (Fsp3) is 0.471. The molecule has 25 heavy (non-hydrogen) atoms. The highest BCUT2D eigenvalue weighted by atomic mass is 16.7. The molecule has 0 aliphatic carbocycles. The van der Waals surface area contributed by atoms with Gasteiger partial charge in [0.1, 0.15) is 0 Å². The van der Waals surface area contributed by atoms with Gasteiger partial charge in [0.05, 0.1) is 18.2 Å². The molecule has 0 spiro atoms. The van der Waals surface area contributed by atoms with E-state index in [2.05, 4.69) is 5.32 Å². The van der Waals surface area contributed by atoms with E-state index in [0.29, 0.717) is 42.3 Å². The van der Waals surface area contributed by atoms with Crippen molar-refractivity contribution in [3.63, 3.8) is 0 Å². The summed E-state index contributed by atoms with van der Waals surface area (Å²) >= 11 is 0. The molecule has 2 heterocycles. The van der Waals surface area contributed by atoms with Crippen LogP contribution in [-0.2, 0) is 9.59 Å². The number of piperidine rings is 1. The highest BCUT2D eigenvalue weighted by Crippen LogP contribution is 2.37. The molecule has 1 saturated heterocycles. The summed E-state index contributed by atoms with van der Waals surface area (Å²) in [7, 11) is 0. The van der Waals surface area contributed by atoms with E-state index >= 15 is 0 Å². The minimum absolute atomic E-state index is 0.0778. The van der Waals surface area contributed by atoms with E-state index in [1.165, 1.54) is 6.92 Å². The lowest BCUT2D eigenvalue weighted by atomic mass is 9.98. The number of amides is 1. The molecular weight excluding hydrogens is 328 g/mol. The van der Waals surface area contributed by atoms with Crippen LogP contribution in [0, 0.1) is 5.92 Å². The number of aliphatic carboxylic acids is 1.